The van der Waals surface area contributed by atoms with Gasteiger partial charge in [0.25, 0.3) is 0 Å². The summed E-state index contributed by atoms with van der Waals surface area (Å²) in [6.07, 6.45) is 2.41. The van der Waals surface area contributed by atoms with Gasteiger partial charge in [0, 0.05) is 10.5 Å². The number of nitrogens with one attached hydrogen (secondary N) is 2. The molecule has 0 bridgehead atoms. The van der Waals surface area contributed by atoms with Crippen LogP contribution in [0.3, 0.4) is 0 Å². The highest BCUT2D eigenvalue weighted by Gasteiger charge is 2.22. The number of anilines is 1. The molecule has 0 saturated heterocycles. The molecule has 1 aliphatic carbocycles. The fraction of sp³-hybridized carbons (Fsp3) is 0.364. The van der Waals surface area contributed by atoms with E-state index in [9.17, 15) is 0 Å². The van der Waals surface area contributed by atoms with E-state index in [0.717, 1.165) is 15.9 Å². The highest BCUT2D eigenvalue weighted by molar-refractivity contribution is 9.10. The summed E-state index contributed by atoms with van der Waals surface area (Å²) in [6, 6.07) is 6.32. The summed E-state index contributed by atoms with van der Waals surface area (Å²) < 4.78 is 6.24. The summed E-state index contributed by atoms with van der Waals surface area (Å²) in [5.41, 5.74) is 0.870. The Morgan fingerprint density at radius 3 is 2.88 bits per heavy atom. The molecule has 1 saturated carbocycles. The van der Waals surface area contributed by atoms with Crippen LogP contribution in [0.5, 0.6) is 5.75 Å². The van der Waals surface area contributed by atoms with Crippen LogP contribution < -0.4 is 15.4 Å². The molecule has 1 aromatic carbocycles. The second kappa shape index (κ2) is 5.01. The second-order valence-electron chi connectivity index (χ2n) is 3.72. The quantitative estimate of drug-likeness (QED) is 0.841. The van der Waals surface area contributed by atoms with Crippen molar-refractivity contribution in [3.8, 4) is 5.75 Å². The van der Waals surface area contributed by atoms with Gasteiger partial charge in [-0.15, -0.1) is 0 Å². The summed E-state index contributed by atoms with van der Waals surface area (Å²) in [5.74, 6) is 0.781. The number of thiocarbonyl (C=S) groups is 1. The molecule has 0 aromatic heterocycles. The molecule has 0 aliphatic heterocycles. The molecule has 3 nitrogen and oxygen atoms in total. The molecule has 1 fully saturated rings. The molecule has 16 heavy (non-hydrogen) atoms. The Morgan fingerprint density at radius 2 is 2.25 bits per heavy atom. The molecule has 5 heteroatoms. The first-order valence-corrected chi connectivity index (χ1v) is 6.30. The van der Waals surface area contributed by atoms with Gasteiger partial charge in [-0.3, -0.25) is 0 Å². The molecular formula is C11H13BrN2OS. The van der Waals surface area contributed by atoms with Crippen LogP contribution in [0.1, 0.15) is 12.8 Å². The van der Waals surface area contributed by atoms with Gasteiger partial charge in [0.05, 0.1) is 12.8 Å². The Kier molecular flexibility index (Phi) is 3.66. The van der Waals surface area contributed by atoms with E-state index in [2.05, 4.69) is 26.6 Å². The van der Waals surface area contributed by atoms with Crippen molar-refractivity contribution < 1.29 is 4.74 Å². The average molecular weight is 301 g/mol. The van der Waals surface area contributed by atoms with Crippen molar-refractivity contribution in [3.05, 3.63) is 22.7 Å². The van der Waals surface area contributed by atoms with Crippen molar-refractivity contribution in [1.29, 1.82) is 0 Å². The molecule has 1 aromatic rings. The van der Waals surface area contributed by atoms with E-state index < -0.39 is 0 Å². The molecule has 0 atom stereocenters. The van der Waals surface area contributed by atoms with E-state index in [1.807, 2.05) is 18.2 Å². The fourth-order valence-electron chi connectivity index (χ4n) is 1.35. The molecule has 86 valence electrons. The summed E-state index contributed by atoms with van der Waals surface area (Å²) in [5, 5.41) is 7.01. The maximum absolute atomic E-state index is 5.25. The number of methoxy groups -OCH3 is 1. The lowest BCUT2D eigenvalue weighted by atomic mass is 10.3. The van der Waals surface area contributed by atoms with Crippen LogP contribution in [0.15, 0.2) is 22.7 Å². The predicted molar refractivity (Wildman–Crippen MR) is 73.1 cm³/mol. The van der Waals surface area contributed by atoms with Gasteiger partial charge in [0.2, 0.25) is 0 Å². The fourth-order valence-corrected chi connectivity index (χ4v) is 1.99. The van der Waals surface area contributed by atoms with Gasteiger partial charge in [-0.05, 0) is 43.3 Å². The molecule has 2 rings (SSSR count). The minimum Gasteiger partial charge on any atom is -0.495 e. The van der Waals surface area contributed by atoms with Crippen molar-refractivity contribution in [1.82, 2.24) is 5.32 Å². The molecule has 0 amide bonds. The van der Waals surface area contributed by atoms with Gasteiger partial charge in [-0.25, -0.2) is 0 Å². The zero-order valence-electron chi connectivity index (χ0n) is 8.92. The van der Waals surface area contributed by atoms with Crippen molar-refractivity contribution in [2.24, 2.45) is 0 Å². The molecule has 0 radical (unpaired) electrons. The highest BCUT2D eigenvalue weighted by atomic mass is 79.9. The first-order chi connectivity index (χ1) is 7.69. The van der Waals surface area contributed by atoms with E-state index in [1.54, 1.807) is 7.11 Å². The standard InChI is InChI=1S/C11H13BrN2OS/c1-15-10-5-2-7(12)6-9(10)14-11(16)13-8-3-4-8/h2,5-6,8H,3-4H2,1H3,(H2,13,14,16). The molecular weight excluding hydrogens is 288 g/mol. The third-order valence-electron chi connectivity index (χ3n) is 2.32. The zero-order valence-corrected chi connectivity index (χ0v) is 11.3. The van der Waals surface area contributed by atoms with Crippen LogP contribution in [-0.2, 0) is 0 Å². The Balaban J connectivity index is 2.05. The molecule has 0 spiro atoms. The number of hydrogen-bond acceptors (Lipinski definition) is 2. The Bertz CT molecular complexity index is 407. The highest BCUT2D eigenvalue weighted by Crippen LogP contribution is 2.28. The average Bonchev–Trinajstić information content (AvgIpc) is 3.02. The number of rotatable bonds is 3. The van der Waals surface area contributed by atoms with E-state index >= 15 is 0 Å². The lowest BCUT2D eigenvalue weighted by Gasteiger charge is -2.13. The normalized spacial score (nSPS) is 14.4. The first-order valence-electron chi connectivity index (χ1n) is 5.10. The molecule has 0 heterocycles. The first kappa shape index (κ1) is 11.7. The summed E-state index contributed by atoms with van der Waals surface area (Å²) in [4.78, 5) is 0. The van der Waals surface area contributed by atoms with Crippen molar-refractivity contribution >= 4 is 38.9 Å². The molecule has 1 aliphatic rings. The van der Waals surface area contributed by atoms with E-state index in [-0.39, 0.29) is 0 Å². The van der Waals surface area contributed by atoms with Crippen LogP contribution in [0, 0.1) is 0 Å². The van der Waals surface area contributed by atoms with E-state index in [4.69, 9.17) is 17.0 Å². The summed E-state index contributed by atoms with van der Waals surface area (Å²) >= 11 is 8.63. The van der Waals surface area contributed by atoms with Gasteiger partial charge in [-0.2, -0.15) is 0 Å². The zero-order chi connectivity index (χ0) is 11.5. The van der Waals surface area contributed by atoms with E-state index in [1.165, 1.54) is 12.8 Å². The lowest BCUT2D eigenvalue weighted by Crippen LogP contribution is -2.30. The monoisotopic (exact) mass is 300 g/mol. The Morgan fingerprint density at radius 1 is 1.50 bits per heavy atom. The van der Waals surface area contributed by atoms with Crippen LogP contribution in [0.2, 0.25) is 0 Å². The SMILES string of the molecule is COc1ccc(Br)cc1NC(=S)NC1CC1. The number of halogens is 1. The molecule has 2 N–H and O–H groups in total. The van der Waals surface area contributed by atoms with Crippen LogP contribution >= 0.6 is 28.1 Å². The van der Waals surface area contributed by atoms with Gasteiger partial charge >= 0.3 is 0 Å². The molecule has 0 unspecified atom stereocenters. The Hall–Kier alpha value is -0.810. The van der Waals surface area contributed by atoms with Crippen molar-refractivity contribution in [2.45, 2.75) is 18.9 Å². The number of hydrogen-bond donors (Lipinski definition) is 2. The van der Waals surface area contributed by atoms with Crippen LogP contribution in [0.4, 0.5) is 5.69 Å². The van der Waals surface area contributed by atoms with Crippen LogP contribution in [-0.4, -0.2) is 18.3 Å². The maximum atomic E-state index is 5.25. The van der Waals surface area contributed by atoms with Gasteiger partial charge in [0.15, 0.2) is 5.11 Å². The van der Waals surface area contributed by atoms with Gasteiger partial charge in [-0.1, -0.05) is 15.9 Å². The van der Waals surface area contributed by atoms with Crippen molar-refractivity contribution in [3.63, 3.8) is 0 Å². The topological polar surface area (TPSA) is 33.3 Å². The smallest absolute Gasteiger partial charge is 0.171 e. The minimum absolute atomic E-state index is 0.554. The Labute approximate surface area is 109 Å². The van der Waals surface area contributed by atoms with Crippen molar-refractivity contribution in [2.75, 3.05) is 12.4 Å². The van der Waals surface area contributed by atoms with Gasteiger partial charge in [0.1, 0.15) is 5.75 Å². The van der Waals surface area contributed by atoms with Crippen LogP contribution in [0.25, 0.3) is 0 Å². The number of ether oxygens (including phenoxy) is 1. The van der Waals surface area contributed by atoms with Gasteiger partial charge < -0.3 is 15.4 Å². The predicted octanol–water partition coefficient (Wildman–Crippen LogP) is 2.91. The third-order valence-corrected chi connectivity index (χ3v) is 3.04. The minimum atomic E-state index is 0.554. The summed E-state index contributed by atoms with van der Waals surface area (Å²) in [6.45, 7) is 0. The second-order valence-corrected chi connectivity index (χ2v) is 5.04. The lowest BCUT2D eigenvalue weighted by molar-refractivity contribution is 0.417. The maximum Gasteiger partial charge on any atom is 0.171 e. The van der Waals surface area contributed by atoms with E-state index in [0.29, 0.717) is 11.2 Å². The summed E-state index contributed by atoms with van der Waals surface area (Å²) in [7, 11) is 1.64. The number of benzene rings is 1. The third kappa shape index (κ3) is 3.09. The largest absolute Gasteiger partial charge is 0.495 e.